The van der Waals surface area contributed by atoms with Crippen molar-refractivity contribution >= 4 is 28.8 Å². The minimum Gasteiger partial charge on any atom is -0.491 e. The zero-order valence-electron chi connectivity index (χ0n) is 9.53. The number of halogens is 1. The Morgan fingerprint density at radius 3 is 2.82 bits per heavy atom. The van der Waals surface area contributed by atoms with Crippen LogP contribution in [0.5, 0.6) is 5.75 Å². The summed E-state index contributed by atoms with van der Waals surface area (Å²) in [5, 5.41) is 3.14. The van der Waals surface area contributed by atoms with Crippen LogP contribution < -0.4 is 10.1 Å². The van der Waals surface area contributed by atoms with Crippen molar-refractivity contribution in [1.29, 1.82) is 0 Å². The number of ether oxygens (including phenoxy) is 1. The summed E-state index contributed by atoms with van der Waals surface area (Å²) in [6.45, 7) is 2.78. The average Bonchev–Trinajstić information content (AvgIpc) is 2.76. The van der Waals surface area contributed by atoms with Gasteiger partial charge in [-0.25, -0.2) is 9.97 Å². The quantitative estimate of drug-likeness (QED) is 0.925. The van der Waals surface area contributed by atoms with Gasteiger partial charge in [-0.1, -0.05) is 11.6 Å². The normalized spacial score (nSPS) is 10.3. The topological polar surface area (TPSA) is 47.0 Å². The van der Waals surface area contributed by atoms with Gasteiger partial charge in [0.1, 0.15) is 12.0 Å². The fraction of sp³-hybridized carbons (Fsp3) is 0.273. The van der Waals surface area contributed by atoms with E-state index in [4.69, 9.17) is 16.3 Å². The van der Waals surface area contributed by atoms with Gasteiger partial charge in [-0.15, -0.1) is 11.3 Å². The molecule has 0 radical (unpaired) electrons. The molecule has 0 spiro atoms. The van der Waals surface area contributed by atoms with Gasteiger partial charge in [0.25, 0.3) is 0 Å². The van der Waals surface area contributed by atoms with E-state index in [0.29, 0.717) is 11.6 Å². The van der Waals surface area contributed by atoms with Crippen molar-refractivity contribution in [3.8, 4) is 16.3 Å². The van der Waals surface area contributed by atoms with Crippen molar-refractivity contribution in [1.82, 2.24) is 9.97 Å². The minimum absolute atomic E-state index is 0.646. The van der Waals surface area contributed by atoms with Crippen LogP contribution in [-0.2, 0) is 0 Å². The lowest BCUT2D eigenvalue weighted by Gasteiger charge is -2.10. The molecule has 0 aliphatic rings. The third-order valence-corrected chi connectivity index (χ3v) is 3.40. The fourth-order valence-electron chi connectivity index (χ4n) is 1.48. The maximum absolute atomic E-state index is 5.93. The Hall–Kier alpha value is -1.33. The predicted molar refractivity (Wildman–Crippen MR) is 71.1 cm³/mol. The van der Waals surface area contributed by atoms with E-state index in [0.717, 1.165) is 21.5 Å². The third-order valence-electron chi connectivity index (χ3n) is 2.16. The van der Waals surface area contributed by atoms with E-state index in [2.05, 4.69) is 15.3 Å². The first-order valence-electron chi connectivity index (χ1n) is 5.14. The largest absolute Gasteiger partial charge is 0.491 e. The van der Waals surface area contributed by atoms with Gasteiger partial charge in [-0.05, 0) is 19.1 Å². The van der Waals surface area contributed by atoms with Crippen LogP contribution in [0.1, 0.15) is 6.92 Å². The molecule has 0 aromatic carbocycles. The van der Waals surface area contributed by atoms with Crippen molar-refractivity contribution in [2.45, 2.75) is 6.92 Å². The summed E-state index contributed by atoms with van der Waals surface area (Å²) in [7, 11) is 1.61. The standard InChI is InChI=1S/C11H12ClN3OS/c1-3-13-11-10(16-2)9(14-6-15-11)7-4-5-8(12)17-7/h4-6H,3H2,1-2H3,(H,13,14,15). The molecule has 0 amide bonds. The number of hydrogen-bond acceptors (Lipinski definition) is 5. The van der Waals surface area contributed by atoms with Crippen molar-refractivity contribution < 1.29 is 4.74 Å². The van der Waals surface area contributed by atoms with Gasteiger partial charge in [0.15, 0.2) is 11.6 Å². The summed E-state index contributed by atoms with van der Waals surface area (Å²) in [4.78, 5) is 9.37. The second-order valence-electron chi connectivity index (χ2n) is 3.24. The first-order valence-corrected chi connectivity index (χ1v) is 6.34. The summed E-state index contributed by atoms with van der Waals surface area (Å²) in [5.74, 6) is 1.34. The summed E-state index contributed by atoms with van der Waals surface area (Å²) in [6.07, 6.45) is 1.52. The van der Waals surface area contributed by atoms with Crippen molar-refractivity contribution in [2.24, 2.45) is 0 Å². The molecular formula is C11H12ClN3OS. The number of rotatable bonds is 4. The Morgan fingerprint density at radius 2 is 2.24 bits per heavy atom. The molecule has 0 atom stereocenters. The van der Waals surface area contributed by atoms with Crippen LogP contribution in [0.3, 0.4) is 0 Å². The molecule has 17 heavy (non-hydrogen) atoms. The van der Waals surface area contributed by atoms with E-state index < -0.39 is 0 Å². The molecule has 4 nitrogen and oxygen atoms in total. The predicted octanol–water partition coefficient (Wildman–Crippen LogP) is 3.30. The first kappa shape index (κ1) is 12.1. The van der Waals surface area contributed by atoms with E-state index in [9.17, 15) is 0 Å². The Bertz CT molecular complexity index is 515. The fourth-order valence-corrected chi connectivity index (χ4v) is 2.51. The van der Waals surface area contributed by atoms with E-state index >= 15 is 0 Å². The Labute approximate surface area is 109 Å². The number of hydrogen-bond donors (Lipinski definition) is 1. The molecule has 1 N–H and O–H groups in total. The van der Waals surface area contributed by atoms with Crippen LogP contribution in [0, 0.1) is 0 Å². The molecule has 0 bridgehead atoms. The van der Waals surface area contributed by atoms with E-state index in [-0.39, 0.29) is 0 Å². The second-order valence-corrected chi connectivity index (χ2v) is 4.95. The third kappa shape index (κ3) is 2.50. The number of methoxy groups -OCH3 is 1. The van der Waals surface area contributed by atoms with Gasteiger partial charge in [-0.2, -0.15) is 0 Å². The summed E-state index contributed by atoms with van der Waals surface area (Å²) in [6, 6.07) is 3.77. The van der Waals surface area contributed by atoms with Crippen LogP contribution in [-0.4, -0.2) is 23.6 Å². The Balaban J connectivity index is 2.49. The van der Waals surface area contributed by atoms with Crippen LogP contribution in [0.4, 0.5) is 5.82 Å². The molecule has 2 rings (SSSR count). The molecule has 0 saturated heterocycles. The summed E-state index contributed by atoms with van der Waals surface area (Å²) < 4.78 is 6.10. The van der Waals surface area contributed by atoms with Gasteiger partial charge >= 0.3 is 0 Å². The van der Waals surface area contributed by atoms with Gasteiger partial charge in [0.2, 0.25) is 0 Å². The number of anilines is 1. The van der Waals surface area contributed by atoms with Crippen LogP contribution in [0.2, 0.25) is 4.34 Å². The van der Waals surface area contributed by atoms with E-state index in [1.807, 2.05) is 19.1 Å². The highest BCUT2D eigenvalue weighted by Crippen LogP contribution is 2.37. The molecule has 0 aliphatic carbocycles. The molecule has 0 aliphatic heterocycles. The lowest BCUT2D eigenvalue weighted by atomic mass is 10.3. The Kier molecular flexibility index (Phi) is 3.81. The molecule has 0 fully saturated rings. The SMILES string of the molecule is CCNc1ncnc(-c2ccc(Cl)s2)c1OC. The van der Waals surface area contributed by atoms with Crippen molar-refractivity contribution in [2.75, 3.05) is 19.0 Å². The summed E-state index contributed by atoms with van der Waals surface area (Å²) in [5.41, 5.74) is 0.760. The zero-order valence-corrected chi connectivity index (χ0v) is 11.1. The number of nitrogens with zero attached hydrogens (tertiary/aromatic N) is 2. The number of aromatic nitrogens is 2. The van der Waals surface area contributed by atoms with E-state index in [1.54, 1.807) is 7.11 Å². The van der Waals surface area contributed by atoms with Gasteiger partial charge in [0.05, 0.1) is 16.3 Å². The van der Waals surface area contributed by atoms with Gasteiger partial charge in [0, 0.05) is 6.54 Å². The van der Waals surface area contributed by atoms with Crippen LogP contribution in [0.25, 0.3) is 10.6 Å². The lowest BCUT2D eigenvalue weighted by Crippen LogP contribution is -2.03. The number of nitrogens with one attached hydrogen (secondary N) is 1. The van der Waals surface area contributed by atoms with Crippen molar-refractivity contribution in [3.05, 3.63) is 22.8 Å². The van der Waals surface area contributed by atoms with Crippen molar-refractivity contribution in [3.63, 3.8) is 0 Å². The molecule has 2 aromatic heterocycles. The van der Waals surface area contributed by atoms with Crippen LogP contribution >= 0.6 is 22.9 Å². The molecule has 6 heteroatoms. The average molecular weight is 270 g/mol. The highest BCUT2D eigenvalue weighted by Gasteiger charge is 2.14. The maximum atomic E-state index is 5.93. The lowest BCUT2D eigenvalue weighted by molar-refractivity contribution is 0.415. The summed E-state index contributed by atoms with van der Waals surface area (Å²) >= 11 is 7.39. The Morgan fingerprint density at radius 1 is 1.41 bits per heavy atom. The second kappa shape index (κ2) is 5.33. The van der Waals surface area contributed by atoms with Gasteiger partial charge < -0.3 is 10.1 Å². The molecule has 90 valence electrons. The minimum atomic E-state index is 0.646. The molecular weight excluding hydrogens is 258 g/mol. The highest BCUT2D eigenvalue weighted by molar-refractivity contribution is 7.19. The zero-order chi connectivity index (χ0) is 12.3. The number of thiophene rings is 1. The molecule has 2 heterocycles. The molecule has 0 saturated carbocycles. The highest BCUT2D eigenvalue weighted by atomic mass is 35.5. The smallest absolute Gasteiger partial charge is 0.188 e. The monoisotopic (exact) mass is 269 g/mol. The first-order chi connectivity index (χ1) is 8.26. The maximum Gasteiger partial charge on any atom is 0.188 e. The molecule has 0 unspecified atom stereocenters. The van der Waals surface area contributed by atoms with Gasteiger partial charge in [-0.3, -0.25) is 0 Å². The molecule has 2 aromatic rings. The van der Waals surface area contributed by atoms with E-state index in [1.165, 1.54) is 17.7 Å². The van der Waals surface area contributed by atoms with Crippen LogP contribution in [0.15, 0.2) is 18.5 Å².